The molecule has 2 aromatic rings. The molecular weight excluding hydrogens is 316 g/mol. The van der Waals surface area contributed by atoms with Gasteiger partial charge in [0.1, 0.15) is 11.8 Å². The Hall–Kier alpha value is -2.82. The molecule has 2 amide bonds. The van der Waals surface area contributed by atoms with Gasteiger partial charge < -0.3 is 10.1 Å². The zero-order valence-corrected chi connectivity index (χ0v) is 14.5. The normalized spacial score (nSPS) is 17.0. The molecule has 1 aliphatic rings. The fraction of sp³-hybridized carbons (Fsp3) is 0.300. The van der Waals surface area contributed by atoms with Crippen molar-refractivity contribution < 1.29 is 14.3 Å². The number of carbonyl (C=O) groups excluding carboxylic acids is 2. The molecule has 0 aromatic heterocycles. The summed E-state index contributed by atoms with van der Waals surface area (Å²) >= 11 is 0. The number of hydrogen-bond donors (Lipinski definition) is 1. The number of amides is 2. The minimum absolute atomic E-state index is 0.154. The van der Waals surface area contributed by atoms with Crippen LogP contribution in [0.3, 0.4) is 0 Å². The van der Waals surface area contributed by atoms with Crippen molar-refractivity contribution in [2.75, 3.05) is 16.8 Å². The molecular formula is C20H22N2O3. The maximum atomic E-state index is 12.7. The first-order valence-corrected chi connectivity index (χ1v) is 8.51. The summed E-state index contributed by atoms with van der Waals surface area (Å²) in [6, 6.07) is 14.3. The van der Waals surface area contributed by atoms with E-state index in [4.69, 9.17) is 4.74 Å². The molecule has 1 N–H and O–H groups in total. The smallest absolute Gasteiger partial charge is 0.256 e. The van der Waals surface area contributed by atoms with E-state index in [2.05, 4.69) is 5.32 Å². The number of rotatable bonds is 6. The summed E-state index contributed by atoms with van der Waals surface area (Å²) in [7, 11) is 0. The number of ether oxygens (including phenoxy) is 1. The van der Waals surface area contributed by atoms with Crippen molar-refractivity contribution in [3.05, 3.63) is 54.1 Å². The molecule has 0 aliphatic carbocycles. The topological polar surface area (TPSA) is 58.6 Å². The summed E-state index contributed by atoms with van der Waals surface area (Å²) in [6.45, 7) is 4.67. The van der Waals surface area contributed by atoms with Gasteiger partial charge in [-0.3, -0.25) is 9.59 Å². The van der Waals surface area contributed by atoms with Gasteiger partial charge in [0, 0.05) is 5.69 Å². The first-order valence-electron chi connectivity index (χ1n) is 8.51. The highest BCUT2D eigenvalue weighted by Gasteiger charge is 2.39. The standard InChI is InChI=1S/C20H22N2O3/c1-3-11-25-17-9-7-16(8-10-17)22-19(23)13-18(20(22)24)21-15-6-4-5-14(2)12-15/h4-10,12,18,21H,3,11,13H2,1-2H3/t18-/m0/s1. The van der Waals surface area contributed by atoms with Crippen molar-refractivity contribution >= 4 is 23.2 Å². The Bertz CT molecular complexity index is 771. The highest BCUT2D eigenvalue weighted by molar-refractivity contribution is 6.23. The highest BCUT2D eigenvalue weighted by atomic mass is 16.5. The molecule has 1 fully saturated rings. The Morgan fingerprint density at radius 3 is 2.60 bits per heavy atom. The van der Waals surface area contributed by atoms with E-state index in [0.29, 0.717) is 12.3 Å². The predicted molar refractivity (Wildman–Crippen MR) is 97.9 cm³/mol. The van der Waals surface area contributed by atoms with Crippen LogP contribution in [-0.4, -0.2) is 24.5 Å². The quantitative estimate of drug-likeness (QED) is 0.819. The molecule has 25 heavy (non-hydrogen) atoms. The second-order valence-electron chi connectivity index (χ2n) is 6.18. The van der Waals surface area contributed by atoms with E-state index >= 15 is 0 Å². The zero-order chi connectivity index (χ0) is 17.8. The molecule has 1 heterocycles. The van der Waals surface area contributed by atoms with Gasteiger partial charge in [0.25, 0.3) is 5.91 Å². The third kappa shape index (κ3) is 3.82. The lowest BCUT2D eigenvalue weighted by molar-refractivity contribution is -0.121. The molecule has 1 aliphatic heterocycles. The maximum absolute atomic E-state index is 12.7. The van der Waals surface area contributed by atoms with Crippen molar-refractivity contribution in [3.63, 3.8) is 0 Å². The van der Waals surface area contributed by atoms with E-state index in [1.807, 2.05) is 38.1 Å². The summed E-state index contributed by atoms with van der Waals surface area (Å²) in [5.74, 6) is 0.310. The summed E-state index contributed by atoms with van der Waals surface area (Å²) in [6.07, 6.45) is 1.08. The minimum Gasteiger partial charge on any atom is -0.494 e. The molecule has 0 bridgehead atoms. The van der Waals surface area contributed by atoms with E-state index in [9.17, 15) is 9.59 Å². The van der Waals surface area contributed by atoms with Crippen LogP contribution in [0.15, 0.2) is 48.5 Å². The highest BCUT2D eigenvalue weighted by Crippen LogP contribution is 2.27. The summed E-state index contributed by atoms with van der Waals surface area (Å²) in [4.78, 5) is 26.3. The van der Waals surface area contributed by atoms with Crippen LogP contribution in [0.5, 0.6) is 5.75 Å². The van der Waals surface area contributed by atoms with Gasteiger partial charge >= 0.3 is 0 Å². The Morgan fingerprint density at radius 1 is 1.16 bits per heavy atom. The summed E-state index contributed by atoms with van der Waals surface area (Å²) in [5.41, 5.74) is 2.52. The van der Waals surface area contributed by atoms with Crippen LogP contribution >= 0.6 is 0 Å². The van der Waals surface area contributed by atoms with Crippen LogP contribution in [-0.2, 0) is 9.59 Å². The van der Waals surface area contributed by atoms with Crippen LogP contribution in [0, 0.1) is 6.92 Å². The average molecular weight is 338 g/mol. The van der Waals surface area contributed by atoms with Crippen molar-refractivity contribution in [2.45, 2.75) is 32.7 Å². The molecule has 0 saturated carbocycles. The first-order chi connectivity index (χ1) is 12.1. The van der Waals surface area contributed by atoms with Crippen molar-refractivity contribution in [1.29, 1.82) is 0 Å². The molecule has 5 heteroatoms. The molecule has 1 saturated heterocycles. The van der Waals surface area contributed by atoms with E-state index in [1.54, 1.807) is 24.3 Å². The Morgan fingerprint density at radius 2 is 1.92 bits per heavy atom. The Labute approximate surface area is 147 Å². The Kier molecular flexibility index (Phi) is 5.03. The average Bonchev–Trinajstić information content (AvgIpc) is 2.87. The number of nitrogens with one attached hydrogen (secondary N) is 1. The van der Waals surface area contributed by atoms with Crippen LogP contribution in [0.2, 0.25) is 0 Å². The van der Waals surface area contributed by atoms with Gasteiger partial charge in [-0.25, -0.2) is 4.90 Å². The van der Waals surface area contributed by atoms with Crippen molar-refractivity contribution in [3.8, 4) is 5.75 Å². The van der Waals surface area contributed by atoms with Gasteiger partial charge in [-0.1, -0.05) is 19.1 Å². The molecule has 2 aromatic carbocycles. The zero-order valence-electron chi connectivity index (χ0n) is 14.5. The van der Waals surface area contributed by atoms with E-state index < -0.39 is 6.04 Å². The number of anilines is 2. The van der Waals surface area contributed by atoms with Crippen LogP contribution < -0.4 is 15.0 Å². The minimum atomic E-state index is -0.537. The van der Waals surface area contributed by atoms with E-state index in [1.165, 1.54) is 4.90 Å². The Balaban J connectivity index is 1.72. The molecule has 3 rings (SSSR count). The van der Waals surface area contributed by atoms with Crippen LogP contribution in [0.25, 0.3) is 0 Å². The van der Waals surface area contributed by atoms with Gasteiger partial charge in [0.2, 0.25) is 5.91 Å². The third-order valence-corrected chi connectivity index (χ3v) is 4.07. The summed E-state index contributed by atoms with van der Waals surface area (Å²) < 4.78 is 5.54. The lowest BCUT2D eigenvalue weighted by atomic mass is 10.2. The number of benzene rings is 2. The van der Waals surface area contributed by atoms with Gasteiger partial charge in [-0.05, 0) is 55.3 Å². The number of aryl methyl sites for hydroxylation is 1. The molecule has 5 nitrogen and oxygen atoms in total. The van der Waals surface area contributed by atoms with Crippen LogP contribution in [0.1, 0.15) is 25.3 Å². The number of imide groups is 1. The predicted octanol–water partition coefficient (Wildman–Crippen LogP) is 3.53. The third-order valence-electron chi connectivity index (χ3n) is 4.07. The van der Waals surface area contributed by atoms with Gasteiger partial charge in [0.05, 0.1) is 18.7 Å². The molecule has 0 unspecified atom stereocenters. The van der Waals surface area contributed by atoms with Crippen LogP contribution in [0.4, 0.5) is 11.4 Å². The number of nitrogens with zero attached hydrogens (tertiary/aromatic N) is 1. The first kappa shape index (κ1) is 17.0. The largest absolute Gasteiger partial charge is 0.494 e. The van der Waals surface area contributed by atoms with Crippen molar-refractivity contribution in [2.24, 2.45) is 0 Å². The van der Waals surface area contributed by atoms with Gasteiger partial charge in [-0.15, -0.1) is 0 Å². The SMILES string of the molecule is CCCOc1ccc(N2C(=O)C[C@H](Nc3cccc(C)c3)C2=O)cc1. The second-order valence-corrected chi connectivity index (χ2v) is 6.18. The van der Waals surface area contributed by atoms with E-state index in [-0.39, 0.29) is 18.2 Å². The number of hydrogen-bond acceptors (Lipinski definition) is 4. The molecule has 0 radical (unpaired) electrons. The molecule has 130 valence electrons. The lowest BCUT2D eigenvalue weighted by Crippen LogP contribution is -2.34. The second kappa shape index (κ2) is 7.38. The van der Waals surface area contributed by atoms with Gasteiger partial charge in [-0.2, -0.15) is 0 Å². The molecule has 1 atom stereocenters. The molecule has 0 spiro atoms. The monoisotopic (exact) mass is 338 g/mol. The fourth-order valence-corrected chi connectivity index (χ4v) is 2.86. The fourth-order valence-electron chi connectivity index (χ4n) is 2.86. The van der Waals surface area contributed by atoms with Crippen molar-refractivity contribution in [1.82, 2.24) is 0 Å². The summed E-state index contributed by atoms with van der Waals surface area (Å²) in [5, 5.41) is 3.16. The van der Waals surface area contributed by atoms with E-state index in [0.717, 1.165) is 23.4 Å². The number of carbonyl (C=O) groups is 2. The maximum Gasteiger partial charge on any atom is 0.256 e. The van der Waals surface area contributed by atoms with Gasteiger partial charge in [0.15, 0.2) is 0 Å². The lowest BCUT2D eigenvalue weighted by Gasteiger charge is -2.17.